The first-order valence-corrected chi connectivity index (χ1v) is 9.37. The van der Waals surface area contributed by atoms with Crippen LogP contribution in [0.15, 0.2) is 4.99 Å². The Kier molecular flexibility index (Phi) is 5.52. The normalized spacial score (nSPS) is 17.5. The highest BCUT2D eigenvalue weighted by molar-refractivity contribution is 7.11. The van der Waals surface area contributed by atoms with Crippen LogP contribution in [0.4, 0.5) is 4.79 Å². The minimum absolute atomic E-state index is 0.0855. The van der Waals surface area contributed by atoms with Gasteiger partial charge >= 0.3 is 6.03 Å². The highest BCUT2D eigenvalue weighted by atomic mass is 32.1. The number of aliphatic imine (C=N–C) groups is 1. The van der Waals surface area contributed by atoms with Crippen molar-refractivity contribution in [3.05, 3.63) is 15.6 Å². The molecule has 1 aliphatic heterocycles. The first-order chi connectivity index (χ1) is 12.1. The highest BCUT2D eigenvalue weighted by Gasteiger charge is 2.27. The number of nitrogens with zero attached hydrogens (tertiary/aromatic N) is 4. The van der Waals surface area contributed by atoms with E-state index >= 15 is 0 Å². The van der Waals surface area contributed by atoms with Crippen LogP contribution in [-0.4, -0.2) is 66.4 Å². The summed E-state index contributed by atoms with van der Waals surface area (Å²) in [6, 6.07) is -0.330. The number of carbonyl (C=O) groups excluding carboxylic acids is 2. The van der Waals surface area contributed by atoms with Crippen molar-refractivity contribution in [2.45, 2.75) is 32.2 Å². The first kappa shape index (κ1) is 17.7. The second-order valence-electron chi connectivity index (χ2n) is 6.22. The molecular weight excluding hydrogens is 340 g/mol. The molecule has 8 nitrogen and oxygen atoms in total. The van der Waals surface area contributed by atoms with Gasteiger partial charge in [0.05, 0.1) is 18.8 Å². The molecule has 9 heteroatoms. The van der Waals surface area contributed by atoms with Crippen LogP contribution in [0.5, 0.6) is 0 Å². The molecule has 1 aromatic heterocycles. The molecular formula is C16H24N6O2S. The summed E-state index contributed by atoms with van der Waals surface area (Å²) in [4.78, 5) is 36.8. The van der Waals surface area contributed by atoms with Gasteiger partial charge in [0.25, 0.3) is 0 Å². The molecule has 0 atom stereocenters. The molecule has 3 rings (SSSR count). The Bertz CT molecular complexity index is 647. The van der Waals surface area contributed by atoms with E-state index < -0.39 is 0 Å². The van der Waals surface area contributed by atoms with Gasteiger partial charge in [-0.05, 0) is 25.7 Å². The Morgan fingerprint density at radius 1 is 1.40 bits per heavy atom. The number of urea groups is 1. The van der Waals surface area contributed by atoms with Crippen LogP contribution in [0.1, 0.15) is 28.4 Å². The number of fused-ring (bicyclic) bond motifs is 1. The molecule has 0 saturated carbocycles. The van der Waals surface area contributed by atoms with Crippen molar-refractivity contribution in [1.29, 1.82) is 0 Å². The van der Waals surface area contributed by atoms with Gasteiger partial charge in [-0.15, -0.1) is 11.3 Å². The quantitative estimate of drug-likeness (QED) is 0.453. The molecule has 1 saturated heterocycles. The number of nitrogens with one attached hydrogen (secondary N) is 2. The fraction of sp³-hybridized carbons (Fsp3) is 0.625. The molecule has 25 heavy (non-hydrogen) atoms. The van der Waals surface area contributed by atoms with E-state index in [-0.39, 0.29) is 18.5 Å². The van der Waals surface area contributed by atoms with Crippen LogP contribution in [0.3, 0.4) is 0 Å². The number of aromatic nitrogens is 1. The Morgan fingerprint density at radius 3 is 2.88 bits per heavy atom. The van der Waals surface area contributed by atoms with Crippen LogP contribution in [0.25, 0.3) is 0 Å². The Balaban J connectivity index is 1.51. The van der Waals surface area contributed by atoms with E-state index in [1.54, 1.807) is 18.4 Å². The number of carbonyl (C=O) groups is 2. The summed E-state index contributed by atoms with van der Waals surface area (Å²) in [5.41, 5.74) is 1.26. The lowest BCUT2D eigenvalue weighted by Crippen LogP contribution is -2.43. The van der Waals surface area contributed by atoms with E-state index in [1.807, 2.05) is 11.9 Å². The summed E-state index contributed by atoms with van der Waals surface area (Å²) in [7, 11) is 3.68. The van der Waals surface area contributed by atoms with Crippen LogP contribution < -0.4 is 10.6 Å². The van der Waals surface area contributed by atoms with Gasteiger partial charge in [0.1, 0.15) is 5.01 Å². The molecule has 3 amide bonds. The van der Waals surface area contributed by atoms with E-state index in [1.165, 1.54) is 28.3 Å². The third-order valence-electron chi connectivity index (χ3n) is 4.39. The molecule has 2 aliphatic rings. The lowest BCUT2D eigenvalue weighted by molar-refractivity contribution is -0.124. The fourth-order valence-corrected chi connectivity index (χ4v) is 4.31. The maximum Gasteiger partial charge on any atom is 0.324 e. The standard InChI is InChI=1S/C16H24N6O2S/c1-17-15(18-7-8-22-14(23)9-19-16(22)24)21(2)10-13-20-11-5-3-4-6-12(11)25-13/h3-10H2,1-2H3,(H,17,18)(H,19,24). The summed E-state index contributed by atoms with van der Waals surface area (Å²) in [5, 5.41) is 6.81. The van der Waals surface area contributed by atoms with Crippen molar-refractivity contribution in [2.75, 3.05) is 33.7 Å². The molecule has 1 aliphatic carbocycles. The fourth-order valence-electron chi connectivity index (χ4n) is 3.10. The van der Waals surface area contributed by atoms with Crippen molar-refractivity contribution >= 4 is 29.2 Å². The van der Waals surface area contributed by atoms with E-state index in [2.05, 4.69) is 15.6 Å². The molecule has 0 aromatic carbocycles. The third-order valence-corrected chi connectivity index (χ3v) is 5.53. The van der Waals surface area contributed by atoms with E-state index in [0.717, 1.165) is 23.8 Å². The molecule has 2 heterocycles. The highest BCUT2D eigenvalue weighted by Crippen LogP contribution is 2.27. The molecule has 0 unspecified atom stereocenters. The van der Waals surface area contributed by atoms with Crippen LogP contribution in [0, 0.1) is 0 Å². The maximum atomic E-state index is 11.6. The van der Waals surface area contributed by atoms with Crippen molar-refractivity contribution in [3.8, 4) is 0 Å². The molecule has 136 valence electrons. The zero-order valence-corrected chi connectivity index (χ0v) is 15.5. The monoisotopic (exact) mass is 364 g/mol. The molecule has 0 bridgehead atoms. The predicted octanol–water partition coefficient (Wildman–Crippen LogP) is 0.581. The SMILES string of the molecule is CN=C(NCCN1C(=O)CNC1=O)N(C)Cc1nc2c(s1)CCCC2. The smallest absolute Gasteiger partial charge is 0.324 e. The van der Waals surface area contributed by atoms with Gasteiger partial charge in [0.2, 0.25) is 5.91 Å². The van der Waals surface area contributed by atoms with Gasteiger partial charge < -0.3 is 15.5 Å². The van der Waals surface area contributed by atoms with E-state index in [4.69, 9.17) is 4.98 Å². The number of aryl methyl sites for hydroxylation is 2. The number of imide groups is 1. The topological polar surface area (TPSA) is 89.9 Å². The lowest BCUT2D eigenvalue weighted by Gasteiger charge is -2.22. The molecule has 2 N–H and O–H groups in total. The van der Waals surface area contributed by atoms with Gasteiger partial charge in [0, 0.05) is 32.1 Å². The Labute approximate surface area is 151 Å². The minimum atomic E-state index is -0.330. The van der Waals surface area contributed by atoms with Crippen LogP contribution >= 0.6 is 11.3 Å². The molecule has 1 aromatic rings. The van der Waals surface area contributed by atoms with Crippen molar-refractivity contribution in [2.24, 2.45) is 4.99 Å². The van der Waals surface area contributed by atoms with Crippen molar-refractivity contribution in [3.63, 3.8) is 0 Å². The summed E-state index contributed by atoms with van der Waals surface area (Å²) in [5.74, 6) is 0.531. The predicted molar refractivity (Wildman–Crippen MR) is 96.7 cm³/mol. The average Bonchev–Trinajstić information content (AvgIpc) is 3.15. The zero-order chi connectivity index (χ0) is 17.8. The number of guanidine groups is 1. The largest absolute Gasteiger partial charge is 0.354 e. The van der Waals surface area contributed by atoms with Crippen molar-refractivity contribution in [1.82, 2.24) is 25.4 Å². The van der Waals surface area contributed by atoms with Gasteiger partial charge in [-0.2, -0.15) is 0 Å². The van der Waals surface area contributed by atoms with E-state index in [9.17, 15) is 9.59 Å². The van der Waals surface area contributed by atoms with Gasteiger partial charge in [-0.1, -0.05) is 0 Å². The molecule has 0 radical (unpaired) electrons. The number of thiazole rings is 1. The number of hydrogen-bond acceptors (Lipinski definition) is 5. The second kappa shape index (κ2) is 7.81. The summed E-state index contributed by atoms with van der Waals surface area (Å²) in [6.45, 7) is 1.57. The van der Waals surface area contributed by atoms with E-state index in [0.29, 0.717) is 19.6 Å². The minimum Gasteiger partial charge on any atom is -0.354 e. The molecule has 0 spiro atoms. The summed E-state index contributed by atoms with van der Waals surface area (Å²) < 4.78 is 0. The summed E-state index contributed by atoms with van der Waals surface area (Å²) >= 11 is 1.80. The zero-order valence-electron chi connectivity index (χ0n) is 14.7. The molecule has 1 fully saturated rings. The maximum absolute atomic E-state index is 11.6. The number of hydrogen-bond donors (Lipinski definition) is 2. The Hall–Kier alpha value is -2.16. The van der Waals surface area contributed by atoms with Gasteiger partial charge in [0.15, 0.2) is 5.96 Å². The van der Waals surface area contributed by atoms with Crippen molar-refractivity contribution < 1.29 is 9.59 Å². The van der Waals surface area contributed by atoms with Gasteiger partial charge in [-0.3, -0.25) is 14.7 Å². The third kappa shape index (κ3) is 4.09. The van der Waals surface area contributed by atoms with Gasteiger partial charge in [-0.25, -0.2) is 9.78 Å². The number of rotatable bonds is 5. The first-order valence-electron chi connectivity index (χ1n) is 8.56. The summed E-state index contributed by atoms with van der Waals surface area (Å²) in [6.07, 6.45) is 4.73. The second-order valence-corrected chi connectivity index (χ2v) is 7.39. The lowest BCUT2D eigenvalue weighted by atomic mass is 10.0. The van der Waals surface area contributed by atoms with Crippen LogP contribution in [-0.2, 0) is 24.2 Å². The Morgan fingerprint density at radius 2 is 2.20 bits per heavy atom. The average molecular weight is 364 g/mol. The van der Waals surface area contributed by atoms with Crippen LogP contribution in [0.2, 0.25) is 0 Å². The number of amides is 3.